The van der Waals surface area contributed by atoms with Gasteiger partial charge in [0.1, 0.15) is 33.6 Å². The number of rotatable bonds is 12. The van der Waals surface area contributed by atoms with E-state index in [1.807, 2.05) is 37.8 Å². The predicted octanol–water partition coefficient (Wildman–Crippen LogP) is 7.70. The Labute approximate surface area is 292 Å². The van der Waals surface area contributed by atoms with Gasteiger partial charge in [-0.1, -0.05) is 17.7 Å². The lowest BCUT2D eigenvalue weighted by atomic mass is 9.93. The summed E-state index contributed by atoms with van der Waals surface area (Å²) in [5.74, 6) is 0.848. The third-order valence-electron chi connectivity index (χ3n) is 8.47. The second kappa shape index (κ2) is 14.3. The first-order valence-electron chi connectivity index (χ1n) is 16.1. The Morgan fingerprint density at radius 1 is 1.10 bits per heavy atom. The van der Waals surface area contributed by atoms with Crippen molar-refractivity contribution in [2.45, 2.75) is 89.1 Å². The fraction of sp³-hybridized carbons (Fsp3) is 0.545. The third-order valence-corrected chi connectivity index (χ3v) is 9.48. The number of nitrogens with one attached hydrogen (secondary N) is 2. The third kappa shape index (κ3) is 9.30. The molecule has 5 rings (SSSR count). The number of halogens is 4. The molecule has 11 nitrogen and oxygen atoms in total. The largest absolute Gasteiger partial charge is 0.476 e. The molecule has 4 heterocycles. The number of alkyl halides is 3. The molecule has 1 saturated carbocycles. The molecule has 0 aromatic carbocycles. The van der Waals surface area contributed by atoms with Crippen LogP contribution in [0.4, 0.5) is 23.8 Å². The van der Waals surface area contributed by atoms with Gasteiger partial charge in [-0.15, -0.1) is 5.10 Å². The summed E-state index contributed by atoms with van der Waals surface area (Å²) in [5, 5.41) is 7.95. The van der Waals surface area contributed by atoms with Gasteiger partial charge in [-0.2, -0.15) is 13.2 Å². The SMILES string of the molecule is CC(C)(C)OC(=O)N1CC(CCCNc2cccc(SNC(=O)c3ccc(-n4ccc(OCC5(C(F)(F)F)CC5)n4)nc3Cl)n2)CC1(C)C. The Morgan fingerprint density at radius 2 is 1.86 bits per heavy atom. The van der Waals surface area contributed by atoms with E-state index in [4.69, 9.17) is 21.1 Å². The molecular formula is C33H41ClF3N7O4S. The van der Waals surface area contributed by atoms with Crippen molar-refractivity contribution in [1.82, 2.24) is 29.4 Å². The lowest BCUT2D eigenvalue weighted by molar-refractivity contribution is -0.194. The maximum Gasteiger partial charge on any atom is 0.410 e. The highest BCUT2D eigenvalue weighted by molar-refractivity contribution is 7.97. The summed E-state index contributed by atoms with van der Waals surface area (Å²) in [6.45, 7) is 10.6. The van der Waals surface area contributed by atoms with Crippen LogP contribution in [0.5, 0.6) is 5.88 Å². The standard InChI is InChI=1S/C33H41ClF3N7O4S/c1-30(2,3)48-29(46)43-19-21(18-31(43,4)5)8-7-16-38-23-9-6-10-26(39-23)49-42-28(45)22-11-12-24(40-27(22)34)44-17-13-25(41-44)47-20-32(14-15-32)33(35,36)37/h6,9-13,17,21H,7-8,14-16,18-20H2,1-5H3,(H,38,39)(H,42,45). The number of aromatic nitrogens is 4. The molecule has 2 N–H and O–H groups in total. The topological polar surface area (TPSA) is 124 Å². The molecule has 1 atom stereocenters. The van der Waals surface area contributed by atoms with Crippen molar-refractivity contribution < 1.29 is 32.2 Å². The van der Waals surface area contributed by atoms with Crippen LogP contribution in [0.3, 0.4) is 0 Å². The van der Waals surface area contributed by atoms with Gasteiger partial charge in [0.25, 0.3) is 5.91 Å². The summed E-state index contributed by atoms with van der Waals surface area (Å²) < 4.78 is 54.5. The Hall–Kier alpha value is -3.72. The molecular weight excluding hydrogens is 683 g/mol. The summed E-state index contributed by atoms with van der Waals surface area (Å²) in [6, 6.07) is 9.89. The highest BCUT2D eigenvalue weighted by Gasteiger charge is 2.64. The van der Waals surface area contributed by atoms with E-state index in [1.54, 1.807) is 6.07 Å². The van der Waals surface area contributed by atoms with Gasteiger partial charge < -0.3 is 19.7 Å². The van der Waals surface area contributed by atoms with E-state index in [1.165, 1.54) is 29.1 Å². The highest BCUT2D eigenvalue weighted by atomic mass is 35.5. The quantitative estimate of drug-likeness (QED) is 0.110. The maximum absolute atomic E-state index is 13.2. The molecule has 0 spiro atoms. The van der Waals surface area contributed by atoms with Crippen LogP contribution in [0.25, 0.3) is 5.82 Å². The molecule has 0 radical (unpaired) electrons. The van der Waals surface area contributed by atoms with Crippen molar-refractivity contribution in [3.05, 3.63) is 53.3 Å². The van der Waals surface area contributed by atoms with Crippen LogP contribution in [0.15, 0.2) is 47.6 Å². The van der Waals surface area contributed by atoms with E-state index < -0.39 is 29.7 Å². The highest BCUT2D eigenvalue weighted by Crippen LogP contribution is 2.57. The zero-order valence-electron chi connectivity index (χ0n) is 28.1. The second-order valence-corrected chi connectivity index (χ2v) is 15.3. The van der Waals surface area contributed by atoms with E-state index in [2.05, 4.69) is 39.0 Å². The summed E-state index contributed by atoms with van der Waals surface area (Å²) in [7, 11) is 0. The lowest BCUT2D eigenvalue weighted by Crippen LogP contribution is -2.45. The van der Waals surface area contributed by atoms with Crippen molar-refractivity contribution in [2.75, 3.05) is 25.0 Å². The van der Waals surface area contributed by atoms with Crippen LogP contribution >= 0.6 is 23.5 Å². The minimum absolute atomic E-state index is 0.0281. The molecule has 3 aromatic rings. The van der Waals surface area contributed by atoms with Gasteiger partial charge in [-0.25, -0.2) is 19.4 Å². The normalized spacial score (nSPS) is 18.2. The zero-order chi connectivity index (χ0) is 35.6. The van der Waals surface area contributed by atoms with Crippen molar-refractivity contribution in [3.8, 4) is 11.7 Å². The maximum atomic E-state index is 13.2. The molecule has 266 valence electrons. The zero-order valence-corrected chi connectivity index (χ0v) is 29.6. The second-order valence-electron chi connectivity index (χ2n) is 14.1. The van der Waals surface area contributed by atoms with E-state index >= 15 is 0 Å². The lowest BCUT2D eigenvalue weighted by Gasteiger charge is -2.33. The molecule has 49 heavy (non-hydrogen) atoms. The first-order chi connectivity index (χ1) is 22.9. The van der Waals surface area contributed by atoms with Gasteiger partial charge in [0.05, 0.1) is 5.56 Å². The minimum atomic E-state index is -4.32. The average Bonchev–Trinajstić information content (AvgIpc) is 3.56. The van der Waals surface area contributed by atoms with E-state index in [9.17, 15) is 22.8 Å². The molecule has 1 saturated heterocycles. The number of carbonyl (C=O) groups is 2. The fourth-order valence-electron chi connectivity index (χ4n) is 5.66. The molecule has 3 aromatic heterocycles. The smallest absolute Gasteiger partial charge is 0.410 e. The monoisotopic (exact) mass is 723 g/mol. The molecule has 2 fully saturated rings. The van der Waals surface area contributed by atoms with Crippen LogP contribution in [0.1, 0.15) is 77.1 Å². The number of pyridine rings is 2. The minimum Gasteiger partial charge on any atom is -0.476 e. The molecule has 1 aliphatic heterocycles. The number of likely N-dealkylation sites (tertiary alicyclic amines) is 1. The number of carbonyl (C=O) groups excluding carboxylic acids is 2. The molecule has 1 unspecified atom stereocenters. The van der Waals surface area contributed by atoms with Gasteiger partial charge in [0.2, 0.25) is 5.88 Å². The van der Waals surface area contributed by atoms with E-state index in [-0.39, 0.29) is 46.9 Å². The van der Waals surface area contributed by atoms with Crippen LogP contribution in [-0.4, -0.2) is 73.7 Å². The first-order valence-corrected chi connectivity index (χ1v) is 17.3. The number of amides is 2. The van der Waals surface area contributed by atoms with Gasteiger partial charge in [-0.05, 0) is 96.9 Å². The Bertz CT molecular complexity index is 1660. The van der Waals surface area contributed by atoms with E-state index in [0.29, 0.717) is 29.9 Å². The predicted molar refractivity (Wildman–Crippen MR) is 180 cm³/mol. The molecule has 16 heteroatoms. The Balaban J connectivity index is 1.07. The summed E-state index contributed by atoms with van der Waals surface area (Å²) in [5.41, 5.74) is -2.48. The van der Waals surface area contributed by atoms with Crippen LogP contribution in [0, 0.1) is 11.3 Å². The molecule has 1 aliphatic carbocycles. The first kappa shape index (κ1) is 36.6. The van der Waals surface area contributed by atoms with Crippen molar-refractivity contribution in [3.63, 3.8) is 0 Å². The van der Waals surface area contributed by atoms with Crippen LogP contribution < -0.4 is 14.8 Å². The molecule has 0 bridgehead atoms. The van der Waals surface area contributed by atoms with Crippen LogP contribution in [-0.2, 0) is 4.74 Å². The van der Waals surface area contributed by atoms with Gasteiger partial charge in [0.15, 0.2) is 5.82 Å². The van der Waals surface area contributed by atoms with Gasteiger partial charge >= 0.3 is 12.3 Å². The van der Waals surface area contributed by atoms with Crippen LogP contribution in [0.2, 0.25) is 5.15 Å². The van der Waals surface area contributed by atoms with Crippen molar-refractivity contribution >= 4 is 41.4 Å². The summed E-state index contributed by atoms with van der Waals surface area (Å²) in [4.78, 5) is 36.2. The number of nitrogens with zero attached hydrogens (tertiary/aromatic N) is 5. The summed E-state index contributed by atoms with van der Waals surface area (Å²) >= 11 is 7.35. The van der Waals surface area contributed by atoms with E-state index in [0.717, 1.165) is 31.2 Å². The van der Waals surface area contributed by atoms with Gasteiger partial charge in [-0.3, -0.25) is 9.52 Å². The van der Waals surface area contributed by atoms with Crippen molar-refractivity contribution in [2.24, 2.45) is 11.3 Å². The Morgan fingerprint density at radius 3 is 2.53 bits per heavy atom. The summed E-state index contributed by atoms with van der Waals surface area (Å²) in [6.07, 6.45) is -0.281. The fourth-order valence-corrected chi connectivity index (χ4v) is 6.49. The number of hydrogen-bond donors (Lipinski definition) is 2. The van der Waals surface area contributed by atoms with Crippen molar-refractivity contribution in [1.29, 1.82) is 0 Å². The average molecular weight is 724 g/mol. The Kier molecular flexibility index (Phi) is 10.6. The molecule has 2 aliphatic rings. The van der Waals surface area contributed by atoms with Gasteiger partial charge in [0, 0.05) is 42.8 Å². The number of anilines is 1. The molecule has 2 amide bonds. The number of ether oxygens (including phenoxy) is 2. The number of hydrogen-bond acceptors (Lipinski definition) is 9.